The lowest BCUT2D eigenvalue weighted by Crippen LogP contribution is -2.57. The Morgan fingerprint density at radius 1 is 0.909 bits per heavy atom. The molecule has 3 fully saturated rings. The van der Waals surface area contributed by atoms with Crippen LogP contribution in [0.5, 0.6) is 0 Å². The Morgan fingerprint density at radius 3 is 2.36 bits per heavy atom. The van der Waals surface area contributed by atoms with E-state index in [9.17, 15) is 18.0 Å². The van der Waals surface area contributed by atoms with Crippen molar-refractivity contribution in [2.45, 2.75) is 81.2 Å². The van der Waals surface area contributed by atoms with Gasteiger partial charge in [-0.25, -0.2) is 8.42 Å². The molecule has 0 radical (unpaired) electrons. The molecule has 1 saturated carbocycles. The van der Waals surface area contributed by atoms with E-state index in [1.54, 1.807) is 16.4 Å². The van der Waals surface area contributed by atoms with Crippen molar-refractivity contribution in [2.75, 3.05) is 36.0 Å². The molecule has 5 rings (SSSR count). The van der Waals surface area contributed by atoms with Gasteiger partial charge in [-0.15, -0.1) is 0 Å². The van der Waals surface area contributed by atoms with E-state index in [0.717, 1.165) is 76.4 Å². The fourth-order valence-electron chi connectivity index (χ4n) is 5.80. The molecule has 1 aliphatic carbocycles. The van der Waals surface area contributed by atoms with Crippen LogP contribution in [0.3, 0.4) is 0 Å². The highest BCUT2D eigenvalue weighted by atomic mass is 32.2. The maximum atomic E-state index is 13.5. The number of piperidine rings is 2. The van der Waals surface area contributed by atoms with Crippen molar-refractivity contribution in [3.05, 3.63) is 18.2 Å². The molecule has 1 N–H and O–H groups in total. The normalized spacial score (nSPS) is 24.5. The zero-order valence-electron chi connectivity index (χ0n) is 19.2. The summed E-state index contributed by atoms with van der Waals surface area (Å²) in [6.45, 7) is 1.75. The number of hydrogen-bond donors (Lipinski definition) is 1. The molecule has 2 amide bonds. The molecule has 1 aromatic rings. The zero-order valence-corrected chi connectivity index (χ0v) is 20.0. The number of fused-ring (bicyclic) bond motifs is 3. The Hall–Kier alpha value is -2.13. The molecule has 0 unspecified atom stereocenters. The highest BCUT2D eigenvalue weighted by Crippen LogP contribution is 2.41. The van der Waals surface area contributed by atoms with E-state index in [1.165, 1.54) is 4.90 Å². The summed E-state index contributed by atoms with van der Waals surface area (Å²) in [6, 6.07) is 5.01. The van der Waals surface area contributed by atoms with Gasteiger partial charge >= 0.3 is 0 Å². The van der Waals surface area contributed by atoms with Gasteiger partial charge in [-0.2, -0.15) is 4.31 Å². The van der Waals surface area contributed by atoms with Gasteiger partial charge in [-0.05, 0) is 63.1 Å². The van der Waals surface area contributed by atoms with Crippen molar-refractivity contribution in [2.24, 2.45) is 0 Å². The molecule has 4 aliphatic rings. The van der Waals surface area contributed by atoms with Gasteiger partial charge in [-0.1, -0.05) is 19.3 Å². The summed E-state index contributed by atoms with van der Waals surface area (Å²) < 4.78 is 28.2. The topological polar surface area (TPSA) is 90.0 Å². The van der Waals surface area contributed by atoms with E-state index in [4.69, 9.17) is 0 Å². The van der Waals surface area contributed by atoms with Crippen LogP contribution in [0.15, 0.2) is 23.1 Å². The maximum Gasteiger partial charge on any atom is 0.250 e. The van der Waals surface area contributed by atoms with Gasteiger partial charge in [0, 0.05) is 25.7 Å². The quantitative estimate of drug-likeness (QED) is 0.709. The number of nitrogens with zero attached hydrogens (tertiary/aromatic N) is 3. The third-order valence-electron chi connectivity index (χ3n) is 7.58. The lowest BCUT2D eigenvalue weighted by molar-refractivity contribution is -0.125. The van der Waals surface area contributed by atoms with E-state index >= 15 is 0 Å². The molecule has 8 nitrogen and oxygen atoms in total. The second kappa shape index (κ2) is 9.25. The number of sulfonamides is 1. The van der Waals surface area contributed by atoms with Gasteiger partial charge < -0.3 is 10.2 Å². The van der Waals surface area contributed by atoms with Crippen LogP contribution in [0.4, 0.5) is 11.4 Å². The summed E-state index contributed by atoms with van der Waals surface area (Å²) in [6.07, 6.45) is 9.70. The summed E-state index contributed by atoms with van der Waals surface area (Å²) >= 11 is 0. The number of carbonyl (C=O) groups is 2. The molecular weight excluding hydrogens is 440 g/mol. The maximum absolute atomic E-state index is 13.5. The largest absolute Gasteiger partial charge is 0.358 e. The number of nitrogens with one attached hydrogen (secondary N) is 1. The van der Waals surface area contributed by atoms with Crippen LogP contribution < -0.4 is 15.1 Å². The minimum atomic E-state index is -3.64. The van der Waals surface area contributed by atoms with Crippen LogP contribution in [0.2, 0.25) is 0 Å². The van der Waals surface area contributed by atoms with Gasteiger partial charge in [0.2, 0.25) is 21.8 Å². The molecule has 0 aromatic heterocycles. The summed E-state index contributed by atoms with van der Waals surface area (Å²) in [7, 11) is -3.64. The van der Waals surface area contributed by atoms with Crippen molar-refractivity contribution in [1.82, 2.24) is 9.62 Å². The van der Waals surface area contributed by atoms with Gasteiger partial charge in [0.05, 0.1) is 16.3 Å². The second-order valence-corrected chi connectivity index (χ2v) is 11.7. The van der Waals surface area contributed by atoms with E-state index in [0.29, 0.717) is 18.8 Å². The van der Waals surface area contributed by atoms with Gasteiger partial charge in [-0.3, -0.25) is 14.5 Å². The van der Waals surface area contributed by atoms with E-state index in [2.05, 4.69) is 10.2 Å². The fraction of sp³-hybridized carbons (Fsp3) is 0.667. The van der Waals surface area contributed by atoms with Crippen LogP contribution in [-0.4, -0.2) is 62.8 Å². The molecule has 0 spiro atoms. The van der Waals surface area contributed by atoms with Crippen LogP contribution in [0.1, 0.15) is 64.2 Å². The number of amides is 2. The number of carbonyl (C=O) groups excluding carboxylic acids is 2. The zero-order chi connectivity index (χ0) is 23.0. The Balaban J connectivity index is 1.48. The predicted molar refractivity (Wildman–Crippen MR) is 127 cm³/mol. The Bertz CT molecular complexity index is 1020. The van der Waals surface area contributed by atoms with Gasteiger partial charge in [0.1, 0.15) is 12.6 Å². The predicted octanol–water partition coefficient (Wildman–Crippen LogP) is 2.63. The molecular formula is C24H34N4O4S. The van der Waals surface area contributed by atoms with Gasteiger partial charge in [0.25, 0.3) is 0 Å². The smallest absolute Gasteiger partial charge is 0.250 e. The Kier molecular flexibility index (Phi) is 6.35. The van der Waals surface area contributed by atoms with Gasteiger partial charge in [0.15, 0.2) is 0 Å². The minimum absolute atomic E-state index is 0.0696. The van der Waals surface area contributed by atoms with Crippen LogP contribution in [-0.2, 0) is 19.6 Å². The fourth-order valence-corrected chi connectivity index (χ4v) is 7.34. The molecule has 2 saturated heterocycles. The van der Waals surface area contributed by atoms with E-state index in [-0.39, 0.29) is 35.3 Å². The first-order valence-corrected chi connectivity index (χ1v) is 13.9. The van der Waals surface area contributed by atoms with Crippen molar-refractivity contribution in [3.8, 4) is 0 Å². The minimum Gasteiger partial charge on any atom is -0.358 e. The number of hydrogen-bond acceptors (Lipinski definition) is 5. The standard InChI is InChI=1S/C24H34N4O4S/c29-23(25-18-8-2-3-9-18)17-28-22-16-19(33(31,32)26-13-5-1-6-14-26)11-12-20(22)27-15-7-4-10-21(27)24(28)30/h11-12,16,18,21H,1-10,13-15,17H2,(H,25,29)/t21-/m1/s1. The first kappa shape index (κ1) is 22.7. The SMILES string of the molecule is O=C(CN1C(=O)[C@H]2CCCCN2c2ccc(S(=O)(=O)N3CCCCC3)cc21)NC1CCCC1. The highest BCUT2D eigenvalue weighted by molar-refractivity contribution is 7.89. The highest BCUT2D eigenvalue weighted by Gasteiger charge is 2.41. The summed E-state index contributed by atoms with van der Waals surface area (Å²) in [5.41, 5.74) is 1.39. The van der Waals surface area contributed by atoms with Crippen molar-refractivity contribution in [3.63, 3.8) is 0 Å². The Labute approximate surface area is 196 Å². The number of rotatable bonds is 5. The summed E-state index contributed by atoms with van der Waals surface area (Å²) in [4.78, 5) is 30.2. The lowest BCUT2D eigenvalue weighted by atomic mass is 9.96. The molecule has 1 aromatic carbocycles. The van der Waals surface area contributed by atoms with Crippen LogP contribution in [0, 0.1) is 0 Å². The molecule has 180 valence electrons. The van der Waals surface area contributed by atoms with E-state index < -0.39 is 10.0 Å². The average molecular weight is 475 g/mol. The number of anilines is 2. The van der Waals surface area contributed by atoms with Crippen LogP contribution >= 0.6 is 0 Å². The molecule has 9 heteroatoms. The lowest BCUT2D eigenvalue weighted by Gasteiger charge is -2.45. The average Bonchev–Trinajstić information content (AvgIpc) is 3.35. The molecule has 1 atom stereocenters. The second-order valence-electron chi connectivity index (χ2n) is 9.79. The first-order chi connectivity index (χ1) is 15.9. The first-order valence-electron chi connectivity index (χ1n) is 12.5. The Morgan fingerprint density at radius 2 is 1.61 bits per heavy atom. The van der Waals surface area contributed by atoms with E-state index in [1.807, 2.05) is 6.07 Å². The monoisotopic (exact) mass is 474 g/mol. The molecule has 33 heavy (non-hydrogen) atoms. The van der Waals surface area contributed by atoms with Crippen molar-refractivity contribution < 1.29 is 18.0 Å². The van der Waals surface area contributed by atoms with Crippen molar-refractivity contribution >= 4 is 33.2 Å². The third-order valence-corrected chi connectivity index (χ3v) is 9.47. The molecule has 0 bridgehead atoms. The summed E-state index contributed by atoms with van der Waals surface area (Å²) in [5.74, 6) is -0.272. The molecule has 3 heterocycles. The molecule has 3 aliphatic heterocycles. The van der Waals surface area contributed by atoms with Crippen LogP contribution in [0.25, 0.3) is 0 Å². The van der Waals surface area contributed by atoms with Crippen molar-refractivity contribution in [1.29, 1.82) is 0 Å². The number of benzene rings is 1. The summed E-state index contributed by atoms with van der Waals surface area (Å²) in [5, 5.41) is 3.07. The third kappa shape index (κ3) is 4.37.